The molecule has 1 aromatic heterocycles. The van der Waals surface area contributed by atoms with Crippen molar-refractivity contribution in [2.45, 2.75) is 25.7 Å². The molecule has 0 atom stereocenters. The van der Waals surface area contributed by atoms with Crippen LogP contribution in [-0.4, -0.2) is 34.9 Å². The number of para-hydroxylation sites is 2. The number of benzene rings is 2. The Hall–Kier alpha value is -3.15. The quantitative estimate of drug-likeness (QED) is 0.510. The number of hydrogen-bond donors (Lipinski definition) is 3. The summed E-state index contributed by atoms with van der Waals surface area (Å²) in [6, 6.07) is 17.5. The summed E-state index contributed by atoms with van der Waals surface area (Å²) < 4.78 is 0. The van der Waals surface area contributed by atoms with Crippen LogP contribution in [0.3, 0.4) is 0 Å². The number of aromatic nitrogens is 2. The SMILES string of the molecule is O=C(CCNC(=O)Cc1ccccc1)NCCCc1nc2ccccc2[nH]1. The molecule has 1 heterocycles. The highest BCUT2D eigenvalue weighted by molar-refractivity contribution is 5.80. The Kier molecular flexibility index (Phi) is 6.57. The van der Waals surface area contributed by atoms with Crippen molar-refractivity contribution >= 4 is 22.8 Å². The van der Waals surface area contributed by atoms with Gasteiger partial charge in [-0.05, 0) is 24.1 Å². The van der Waals surface area contributed by atoms with Gasteiger partial charge in [-0.25, -0.2) is 4.98 Å². The van der Waals surface area contributed by atoms with Gasteiger partial charge in [0.1, 0.15) is 5.82 Å². The normalized spacial score (nSPS) is 10.7. The molecule has 0 saturated carbocycles. The zero-order valence-corrected chi connectivity index (χ0v) is 15.2. The van der Waals surface area contributed by atoms with Gasteiger partial charge in [0.2, 0.25) is 11.8 Å². The molecule has 3 N–H and O–H groups in total. The van der Waals surface area contributed by atoms with Crippen molar-refractivity contribution in [3.63, 3.8) is 0 Å². The number of carbonyl (C=O) groups is 2. The summed E-state index contributed by atoms with van der Waals surface area (Å²) in [5.41, 5.74) is 2.95. The van der Waals surface area contributed by atoms with Gasteiger partial charge in [-0.1, -0.05) is 42.5 Å². The number of hydrogen-bond acceptors (Lipinski definition) is 3. The number of aryl methyl sites for hydroxylation is 1. The first-order valence-corrected chi connectivity index (χ1v) is 9.21. The number of fused-ring (bicyclic) bond motifs is 1. The van der Waals surface area contributed by atoms with E-state index in [9.17, 15) is 9.59 Å². The molecule has 2 amide bonds. The molecule has 6 heteroatoms. The predicted molar refractivity (Wildman–Crippen MR) is 105 cm³/mol. The maximum atomic E-state index is 11.8. The Balaban J connectivity index is 1.28. The van der Waals surface area contributed by atoms with E-state index in [0.717, 1.165) is 35.3 Å². The van der Waals surface area contributed by atoms with Crippen LogP contribution < -0.4 is 10.6 Å². The molecule has 0 aliphatic rings. The summed E-state index contributed by atoms with van der Waals surface area (Å²) in [6.07, 6.45) is 2.21. The topological polar surface area (TPSA) is 86.9 Å². The monoisotopic (exact) mass is 364 g/mol. The fraction of sp³-hybridized carbons (Fsp3) is 0.286. The van der Waals surface area contributed by atoms with E-state index in [1.165, 1.54) is 0 Å². The number of rotatable bonds is 9. The van der Waals surface area contributed by atoms with Gasteiger partial charge < -0.3 is 15.6 Å². The van der Waals surface area contributed by atoms with Crippen LogP contribution in [-0.2, 0) is 22.4 Å². The average Bonchev–Trinajstić information content (AvgIpc) is 3.09. The summed E-state index contributed by atoms with van der Waals surface area (Å²) in [7, 11) is 0. The third-order valence-electron chi connectivity index (χ3n) is 4.23. The van der Waals surface area contributed by atoms with Crippen molar-refractivity contribution < 1.29 is 9.59 Å². The Bertz CT molecular complexity index is 856. The zero-order valence-electron chi connectivity index (χ0n) is 15.2. The lowest BCUT2D eigenvalue weighted by atomic mass is 10.1. The van der Waals surface area contributed by atoms with Gasteiger partial charge >= 0.3 is 0 Å². The van der Waals surface area contributed by atoms with Gasteiger partial charge in [-0.2, -0.15) is 0 Å². The minimum atomic E-state index is -0.0705. The molecular weight excluding hydrogens is 340 g/mol. The lowest BCUT2D eigenvalue weighted by molar-refractivity contribution is -0.122. The molecule has 140 valence electrons. The van der Waals surface area contributed by atoms with Gasteiger partial charge in [0.15, 0.2) is 0 Å². The Morgan fingerprint density at radius 1 is 0.889 bits per heavy atom. The highest BCUT2D eigenvalue weighted by atomic mass is 16.2. The van der Waals surface area contributed by atoms with Crippen LogP contribution in [0.4, 0.5) is 0 Å². The summed E-state index contributed by atoms with van der Waals surface area (Å²) in [6.45, 7) is 0.939. The van der Waals surface area contributed by atoms with Crippen LogP contribution in [0.2, 0.25) is 0 Å². The predicted octanol–water partition coefficient (Wildman–Crippen LogP) is 2.36. The van der Waals surface area contributed by atoms with Crippen molar-refractivity contribution in [1.82, 2.24) is 20.6 Å². The number of carbonyl (C=O) groups excluding carboxylic acids is 2. The smallest absolute Gasteiger partial charge is 0.224 e. The molecule has 0 bridgehead atoms. The number of nitrogens with zero attached hydrogens (tertiary/aromatic N) is 1. The van der Waals surface area contributed by atoms with Crippen LogP contribution in [0.5, 0.6) is 0 Å². The second-order valence-corrected chi connectivity index (χ2v) is 6.42. The fourth-order valence-corrected chi connectivity index (χ4v) is 2.86. The number of amides is 2. The molecule has 6 nitrogen and oxygen atoms in total. The van der Waals surface area contributed by atoms with E-state index in [1.807, 2.05) is 54.6 Å². The maximum absolute atomic E-state index is 11.8. The molecule has 2 aromatic carbocycles. The van der Waals surface area contributed by atoms with Crippen molar-refractivity contribution in [2.24, 2.45) is 0 Å². The van der Waals surface area contributed by atoms with E-state index in [4.69, 9.17) is 0 Å². The summed E-state index contributed by atoms with van der Waals surface area (Å²) in [5.74, 6) is 0.803. The van der Waals surface area contributed by atoms with E-state index < -0.39 is 0 Å². The minimum absolute atomic E-state index is 0.0559. The van der Waals surface area contributed by atoms with Gasteiger partial charge in [-0.3, -0.25) is 9.59 Å². The number of nitrogens with one attached hydrogen (secondary N) is 3. The van der Waals surface area contributed by atoms with E-state index >= 15 is 0 Å². The molecule has 3 aromatic rings. The first-order valence-electron chi connectivity index (χ1n) is 9.21. The Morgan fingerprint density at radius 2 is 1.63 bits per heavy atom. The third-order valence-corrected chi connectivity index (χ3v) is 4.23. The Labute approximate surface area is 158 Å². The van der Waals surface area contributed by atoms with E-state index in [0.29, 0.717) is 19.5 Å². The third kappa shape index (κ3) is 5.95. The largest absolute Gasteiger partial charge is 0.356 e. The molecular formula is C21H24N4O2. The molecule has 27 heavy (non-hydrogen) atoms. The molecule has 0 aliphatic carbocycles. The summed E-state index contributed by atoms with van der Waals surface area (Å²) in [4.78, 5) is 31.5. The first-order chi connectivity index (χ1) is 13.2. The number of H-pyrrole nitrogens is 1. The van der Waals surface area contributed by atoms with E-state index in [2.05, 4.69) is 20.6 Å². The van der Waals surface area contributed by atoms with Crippen LogP contribution in [0.15, 0.2) is 54.6 Å². The minimum Gasteiger partial charge on any atom is -0.356 e. The first kappa shape index (κ1) is 18.6. The van der Waals surface area contributed by atoms with Crippen LogP contribution >= 0.6 is 0 Å². The molecule has 0 radical (unpaired) electrons. The lowest BCUT2D eigenvalue weighted by Crippen LogP contribution is -2.32. The molecule has 3 rings (SSSR count). The fourth-order valence-electron chi connectivity index (χ4n) is 2.86. The second-order valence-electron chi connectivity index (χ2n) is 6.42. The molecule has 0 saturated heterocycles. The maximum Gasteiger partial charge on any atom is 0.224 e. The number of imidazole rings is 1. The van der Waals surface area contributed by atoms with Crippen molar-refractivity contribution in [1.29, 1.82) is 0 Å². The van der Waals surface area contributed by atoms with Gasteiger partial charge in [-0.15, -0.1) is 0 Å². The van der Waals surface area contributed by atoms with Gasteiger partial charge in [0, 0.05) is 25.9 Å². The van der Waals surface area contributed by atoms with Gasteiger partial charge in [0.25, 0.3) is 0 Å². The molecule has 0 spiro atoms. The standard InChI is InChI=1S/C21H24N4O2/c26-20(12-14-23-21(27)15-16-7-2-1-3-8-16)22-13-6-11-19-24-17-9-4-5-10-18(17)25-19/h1-5,7-10H,6,11-15H2,(H,22,26)(H,23,27)(H,24,25). The van der Waals surface area contributed by atoms with Crippen molar-refractivity contribution in [3.05, 3.63) is 66.0 Å². The molecule has 0 aliphatic heterocycles. The van der Waals surface area contributed by atoms with Crippen LogP contribution in [0.25, 0.3) is 11.0 Å². The molecule has 0 fully saturated rings. The highest BCUT2D eigenvalue weighted by Crippen LogP contribution is 2.11. The lowest BCUT2D eigenvalue weighted by Gasteiger charge is -2.06. The van der Waals surface area contributed by atoms with Gasteiger partial charge in [0.05, 0.1) is 17.5 Å². The average molecular weight is 364 g/mol. The summed E-state index contributed by atoms with van der Waals surface area (Å²) in [5, 5.41) is 5.66. The summed E-state index contributed by atoms with van der Waals surface area (Å²) >= 11 is 0. The zero-order chi connectivity index (χ0) is 18.9. The van der Waals surface area contributed by atoms with E-state index in [1.54, 1.807) is 0 Å². The van der Waals surface area contributed by atoms with Crippen LogP contribution in [0, 0.1) is 0 Å². The molecule has 0 unspecified atom stereocenters. The highest BCUT2D eigenvalue weighted by Gasteiger charge is 2.06. The second kappa shape index (κ2) is 9.52. The Morgan fingerprint density at radius 3 is 2.44 bits per heavy atom. The van der Waals surface area contributed by atoms with Crippen molar-refractivity contribution in [2.75, 3.05) is 13.1 Å². The van der Waals surface area contributed by atoms with E-state index in [-0.39, 0.29) is 18.2 Å². The van der Waals surface area contributed by atoms with Crippen LogP contribution in [0.1, 0.15) is 24.2 Å². The van der Waals surface area contributed by atoms with Crippen molar-refractivity contribution in [3.8, 4) is 0 Å². The number of aromatic amines is 1.